The molecular weight excluding hydrogens is 825 g/mol. The predicted molar refractivity (Wildman–Crippen MR) is 232 cm³/mol. The summed E-state index contributed by atoms with van der Waals surface area (Å²) in [5.74, 6) is -5.92. The number of benzene rings is 2. The minimum Gasteiger partial charge on any atom is -0.508 e. The van der Waals surface area contributed by atoms with Crippen molar-refractivity contribution in [1.29, 1.82) is 0 Å². The number of amides is 8. The maximum Gasteiger partial charge on any atom is 0.246 e. The van der Waals surface area contributed by atoms with E-state index in [1.165, 1.54) is 33.7 Å². The van der Waals surface area contributed by atoms with Gasteiger partial charge in [-0.3, -0.25) is 38.4 Å². The molecule has 19 heteroatoms. The van der Waals surface area contributed by atoms with Crippen LogP contribution in [0.25, 0.3) is 0 Å². The van der Waals surface area contributed by atoms with E-state index < -0.39 is 83.9 Å². The molecule has 0 saturated carbocycles. The fourth-order valence-corrected chi connectivity index (χ4v) is 9.30. The van der Waals surface area contributed by atoms with Crippen LogP contribution in [0.3, 0.4) is 0 Å². The number of hydrogen-bond donors (Lipinski definition) is 8. The first kappa shape index (κ1) is 48.4. The second kappa shape index (κ2) is 24.2. The molecule has 61 heavy (non-hydrogen) atoms. The van der Waals surface area contributed by atoms with Gasteiger partial charge in [0.2, 0.25) is 47.3 Å². The third-order valence-corrected chi connectivity index (χ3v) is 13.2. The molecule has 10 N–H and O–H groups in total. The molecule has 2 aliphatic heterocycles. The van der Waals surface area contributed by atoms with Gasteiger partial charge < -0.3 is 48.1 Å². The first-order valence-corrected chi connectivity index (χ1v) is 23.1. The molecule has 332 valence electrons. The molecule has 0 radical (unpaired) electrons. The van der Waals surface area contributed by atoms with Gasteiger partial charge in [0.05, 0.1) is 6.42 Å². The number of carbonyl (C=O) groups excluding carboxylic acids is 8. The zero-order chi connectivity index (χ0) is 44.5. The zero-order valence-electron chi connectivity index (χ0n) is 34.6. The summed E-state index contributed by atoms with van der Waals surface area (Å²) in [6, 6.07) is 9.41. The summed E-state index contributed by atoms with van der Waals surface area (Å²) in [7, 11) is 2.54. The Morgan fingerprint density at radius 2 is 1.46 bits per heavy atom. The molecule has 4 rings (SSSR count). The van der Waals surface area contributed by atoms with E-state index >= 15 is 0 Å². The molecule has 17 nitrogen and oxygen atoms in total. The molecule has 0 bridgehead atoms. The Hall–Kier alpha value is -5.30. The van der Waals surface area contributed by atoms with E-state index in [1.54, 1.807) is 30.9 Å². The maximum atomic E-state index is 14.3. The molecule has 2 fully saturated rings. The smallest absolute Gasteiger partial charge is 0.246 e. The van der Waals surface area contributed by atoms with Crippen molar-refractivity contribution in [2.24, 2.45) is 17.4 Å². The van der Waals surface area contributed by atoms with E-state index in [1.807, 2.05) is 30.3 Å². The van der Waals surface area contributed by atoms with Gasteiger partial charge in [-0.25, -0.2) is 0 Å². The number of phenolic OH excluding ortho intramolecular Hbond substituents is 1. The summed E-state index contributed by atoms with van der Waals surface area (Å²) in [4.78, 5) is 109. The molecule has 8 amide bonds. The van der Waals surface area contributed by atoms with Crippen LogP contribution in [0.5, 0.6) is 5.75 Å². The highest BCUT2D eigenvalue weighted by molar-refractivity contribution is 8.76. The molecular formula is C42H58N8O9S2. The number of rotatable bonds is 13. The van der Waals surface area contributed by atoms with Crippen LogP contribution in [0.15, 0.2) is 54.6 Å². The van der Waals surface area contributed by atoms with Crippen molar-refractivity contribution in [2.75, 3.05) is 18.1 Å². The van der Waals surface area contributed by atoms with Gasteiger partial charge >= 0.3 is 0 Å². The minimum atomic E-state index is -1.57. The summed E-state index contributed by atoms with van der Waals surface area (Å²) in [6.45, 7) is 3.98. The summed E-state index contributed by atoms with van der Waals surface area (Å²) in [5.41, 5.74) is 12.7. The Balaban J connectivity index is 1.65. The van der Waals surface area contributed by atoms with Crippen LogP contribution < -0.4 is 38.1 Å². The molecule has 2 saturated heterocycles. The normalized spacial score (nSPS) is 24.3. The van der Waals surface area contributed by atoms with Gasteiger partial charge in [-0.05, 0) is 61.3 Å². The Morgan fingerprint density at radius 3 is 2.13 bits per heavy atom. The average Bonchev–Trinajstić information content (AvgIpc) is 3.71. The van der Waals surface area contributed by atoms with Crippen LogP contribution in [-0.2, 0) is 51.2 Å². The summed E-state index contributed by atoms with van der Waals surface area (Å²) in [5, 5.41) is 23.1. The number of nitrogens with one attached hydrogen (secondary N) is 5. The Kier molecular flexibility index (Phi) is 19.2. The standard InChI is InChI=1S/C42H58N8O9S2/c1-3-25(2)37-41(58)46-30(17-18-34(43)52)38(55)47-32(23-35(44)53)39(56)48-33(42(59)50-20-7-10-28(50)14-11-26-8-5-4-6-9-26)24-61-60-21-19-36(54)45-31(40(57)49-37)22-27-12-15-29(51)16-13-27/h4-6,8-9,12-13,15-16,25,28,30-33,37,51H,3,7,10-11,14,17-24H2,1-2H3,(H2,43,52)(H2,44,53)(H,45,54)(H,46,58)(H,47,55)(H,48,56)(H,49,57)/t25-,28-,30-,31-,32-,33-,37-/m0/s1. The van der Waals surface area contributed by atoms with Crippen molar-refractivity contribution in [1.82, 2.24) is 31.5 Å². The minimum absolute atomic E-state index is 0.0131. The molecule has 0 aromatic heterocycles. The monoisotopic (exact) mass is 882 g/mol. The quantitative estimate of drug-likeness (QED) is 0.131. The lowest BCUT2D eigenvalue weighted by Gasteiger charge is -2.31. The number of aromatic hydroxyl groups is 1. The molecule has 2 aromatic rings. The van der Waals surface area contributed by atoms with Gasteiger partial charge in [0, 0.05) is 43.4 Å². The summed E-state index contributed by atoms with van der Waals surface area (Å²) < 4.78 is 0. The van der Waals surface area contributed by atoms with Crippen molar-refractivity contribution in [2.45, 2.75) is 114 Å². The third kappa shape index (κ3) is 15.6. The van der Waals surface area contributed by atoms with Crippen molar-refractivity contribution in [3.8, 4) is 5.75 Å². The molecule has 2 heterocycles. The molecule has 2 aromatic carbocycles. The highest BCUT2D eigenvalue weighted by atomic mass is 33.1. The first-order valence-electron chi connectivity index (χ1n) is 20.6. The van der Waals surface area contributed by atoms with E-state index in [2.05, 4.69) is 26.6 Å². The molecule has 0 unspecified atom stereocenters. The molecule has 2 aliphatic rings. The van der Waals surface area contributed by atoms with Crippen LogP contribution in [0.4, 0.5) is 0 Å². The number of phenols is 1. The maximum absolute atomic E-state index is 14.3. The Labute approximate surface area is 363 Å². The third-order valence-electron chi connectivity index (χ3n) is 10.8. The highest BCUT2D eigenvalue weighted by Crippen LogP contribution is 2.27. The Morgan fingerprint density at radius 1 is 0.787 bits per heavy atom. The topological polar surface area (TPSA) is 272 Å². The van der Waals surface area contributed by atoms with Crippen LogP contribution in [0, 0.1) is 5.92 Å². The van der Waals surface area contributed by atoms with Gasteiger partial charge in [-0.1, -0.05) is 84.3 Å². The fourth-order valence-electron chi connectivity index (χ4n) is 7.16. The number of nitrogens with two attached hydrogens (primary N) is 2. The lowest BCUT2D eigenvalue weighted by molar-refractivity contribution is -0.138. The van der Waals surface area contributed by atoms with Crippen LogP contribution in [-0.4, -0.2) is 112 Å². The number of nitrogens with zero attached hydrogens (tertiary/aromatic N) is 1. The van der Waals surface area contributed by atoms with Crippen molar-refractivity contribution >= 4 is 68.8 Å². The number of carbonyl (C=O) groups is 8. The van der Waals surface area contributed by atoms with Crippen LogP contribution in [0.2, 0.25) is 0 Å². The van der Waals surface area contributed by atoms with Crippen LogP contribution in [0.1, 0.15) is 76.3 Å². The van der Waals surface area contributed by atoms with Gasteiger partial charge in [0.1, 0.15) is 36.0 Å². The van der Waals surface area contributed by atoms with E-state index in [-0.39, 0.29) is 54.9 Å². The molecule has 0 spiro atoms. The summed E-state index contributed by atoms with van der Waals surface area (Å²) in [6.07, 6.45) is 2.11. The number of aryl methyl sites for hydroxylation is 1. The predicted octanol–water partition coefficient (Wildman–Crippen LogP) is 0.955. The fraction of sp³-hybridized carbons (Fsp3) is 0.524. The molecule has 0 aliphatic carbocycles. The van der Waals surface area contributed by atoms with Gasteiger partial charge in [-0.2, -0.15) is 0 Å². The van der Waals surface area contributed by atoms with E-state index in [9.17, 15) is 43.5 Å². The zero-order valence-corrected chi connectivity index (χ0v) is 36.2. The lowest BCUT2D eigenvalue weighted by Crippen LogP contribution is -2.61. The van der Waals surface area contributed by atoms with E-state index in [4.69, 9.17) is 11.5 Å². The highest BCUT2D eigenvalue weighted by Gasteiger charge is 2.37. The van der Waals surface area contributed by atoms with Crippen molar-refractivity contribution in [3.63, 3.8) is 0 Å². The molecule has 7 atom stereocenters. The van der Waals surface area contributed by atoms with Gasteiger partial charge in [0.15, 0.2) is 0 Å². The Bertz CT molecular complexity index is 1850. The van der Waals surface area contributed by atoms with E-state index in [0.29, 0.717) is 24.9 Å². The number of likely N-dealkylation sites (tertiary alicyclic amines) is 1. The van der Waals surface area contributed by atoms with Crippen LogP contribution >= 0.6 is 21.6 Å². The SMILES string of the molecule is CC[C@H](C)[C@@H]1NC(=O)[C@H](Cc2ccc(O)cc2)NC(=O)CCSSC[C@@H](C(=O)N2CCC[C@H]2CCc2ccccc2)NC(=O)[C@H](CC(N)=O)NC(=O)[C@H](CCC(N)=O)NC1=O. The van der Waals surface area contributed by atoms with Crippen molar-refractivity contribution < 1.29 is 43.5 Å². The second-order valence-corrected chi connectivity index (χ2v) is 18.1. The number of hydrogen-bond acceptors (Lipinski definition) is 11. The average molecular weight is 883 g/mol. The van der Waals surface area contributed by atoms with Gasteiger partial charge in [0.25, 0.3) is 0 Å². The summed E-state index contributed by atoms with van der Waals surface area (Å²) >= 11 is 0. The lowest BCUT2D eigenvalue weighted by atomic mass is 9.96. The number of primary amides is 2. The van der Waals surface area contributed by atoms with Gasteiger partial charge in [-0.15, -0.1) is 0 Å². The van der Waals surface area contributed by atoms with Crippen molar-refractivity contribution in [3.05, 3.63) is 65.7 Å². The second-order valence-electron chi connectivity index (χ2n) is 15.4. The first-order chi connectivity index (χ1) is 29.1. The van der Waals surface area contributed by atoms with E-state index in [0.717, 1.165) is 24.8 Å². The largest absolute Gasteiger partial charge is 0.508 e.